The van der Waals surface area contributed by atoms with Crippen LogP contribution in [0.5, 0.6) is 0 Å². The van der Waals surface area contributed by atoms with Crippen LogP contribution in [0.1, 0.15) is 37.2 Å². The van der Waals surface area contributed by atoms with Crippen molar-refractivity contribution < 1.29 is 24.4 Å². The van der Waals surface area contributed by atoms with Crippen molar-refractivity contribution in [1.29, 1.82) is 0 Å². The third-order valence-corrected chi connectivity index (χ3v) is 3.85. The van der Waals surface area contributed by atoms with E-state index in [-0.39, 0.29) is 41.4 Å². The zero-order chi connectivity index (χ0) is 19.2. The van der Waals surface area contributed by atoms with E-state index in [9.17, 15) is 19.7 Å². The molecule has 138 valence electrons. The van der Waals surface area contributed by atoms with Gasteiger partial charge in [-0.2, -0.15) is 0 Å². The van der Waals surface area contributed by atoms with Crippen LogP contribution < -0.4 is 0 Å². The second kappa shape index (κ2) is 5.93. The molecule has 1 aromatic carbocycles. The van der Waals surface area contributed by atoms with Crippen LogP contribution in [0.25, 0.3) is 11.0 Å². The number of benzene rings is 1. The lowest BCUT2D eigenvalue weighted by Gasteiger charge is -2.39. The Morgan fingerprint density at radius 1 is 1.35 bits per heavy atom. The number of amides is 1. The lowest BCUT2D eigenvalue weighted by molar-refractivity contribution is -0.383. The van der Waals surface area contributed by atoms with Gasteiger partial charge >= 0.3 is 12.1 Å². The number of ether oxygens (including phenoxy) is 1. The van der Waals surface area contributed by atoms with Gasteiger partial charge in [-0.25, -0.2) is 14.3 Å². The summed E-state index contributed by atoms with van der Waals surface area (Å²) < 4.78 is 6.63. The predicted molar refractivity (Wildman–Crippen MR) is 88.0 cm³/mol. The van der Waals surface area contributed by atoms with Crippen LogP contribution in [0.4, 0.5) is 10.5 Å². The molecule has 1 saturated heterocycles. The number of carboxylic acid groups (broad SMARTS) is 1. The van der Waals surface area contributed by atoms with Crippen molar-refractivity contribution in [3.63, 3.8) is 0 Å². The summed E-state index contributed by atoms with van der Waals surface area (Å²) in [4.78, 5) is 35.3. The first-order chi connectivity index (χ1) is 12.1. The summed E-state index contributed by atoms with van der Waals surface area (Å²) in [6, 6.07) is 1.91. The van der Waals surface area contributed by atoms with E-state index in [4.69, 9.17) is 9.84 Å². The lowest BCUT2D eigenvalue weighted by atomic mass is 10.1. The Labute approximate surface area is 147 Å². The number of nitro groups is 1. The molecular formula is C15H17N5O6. The van der Waals surface area contributed by atoms with Crippen molar-refractivity contribution in [1.82, 2.24) is 19.9 Å². The topological polar surface area (TPSA) is 141 Å². The molecule has 1 aliphatic rings. The van der Waals surface area contributed by atoms with Crippen LogP contribution in [0.3, 0.4) is 0 Å². The smallest absolute Gasteiger partial charge is 0.410 e. The number of non-ortho nitro benzene ring substituents is 1. The highest BCUT2D eigenvalue weighted by molar-refractivity contribution is 5.96. The SMILES string of the molecule is CC(C)(C)OC(=O)N1CC(n2nnc3cc(C(=O)O)cc([N+](=O)[O-])c32)C1. The van der Waals surface area contributed by atoms with Gasteiger partial charge in [0.25, 0.3) is 5.69 Å². The Kier molecular flexibility index (Phi) is 4.01. The van der Waals surface area contributed by atoms with E-state index >= 15 is 0 Å². The molecule has 11 nitrogen and oxygen atoms in total. The highest BCUT2D eigenvalue weighted by atomic mass is 16.6. The molecule has 26 heavy (non-hydrogen) atoms. The van der Waals surface area contributed by atoms with Gasteiger partial charge in [0.1, 0.15) is 11.1 Å². The van der Waals surface area contributed by atoms with Crippen LogP contribution in [0, 0.1) is 10.1 Å². The van der Waals surface area contributed by atoms with Crippen molar-refractivity contribution >= 4 is 28.8 Å². The first-order valence-electron chi connectivity index (χ1n) is 7.81. The zero-order valence-corrected chi connectivity index (χ0v) is 14.4. The first kappa shape index (κ1) is 17.6. The average Bonchev–Trinajstić information content (AvgIpc) is 2.86. The molecule has 1 aliphatic heterocycles. The normalized spacial score (nSPS) is 15.0. The summed E-state index contributed by atoms with van der Waals surface area (Å²) in [5, 5.41) is 28.2. The Morgan fingerprint density at radius 3 is 2.54 bits per heavy atom. The molecule has 0 unspecified atom stereocenters. The minimum Gasteiger partial charge on any atom is -0.478 e. The summed E-state index contributed by atoms with van der Waals surface area (Å²) in [6.07, 6.45) is -0.471. The van der Waals surface area contributed by atoms with Crippen LogP contribution in [0.2, 0.25) is 0 Å². The number of hydrogen-bond acceptors (Lipinski definition) is 7. The maximum Gasteiger partial charge on any atom is 0.410 e. The fraction of sp³-hybridized carbons (Fsp3) is 0.467. The van der Waals surface area contributed by atoms with E-state index < -0.39 is 22.6 Å². The molecular weight excluding hydrogens is 346 g/mol. The number of rotatable bonds is 3. The van der Waals surface area contributed by atoms with Gasteiger partial charge in [-0.3, -0.25) is 10.1 Å². The first-order valence-corrected chi connectivity index (χ1v) is 7.81. The number of aromatic carboxylic acids is 1. The van der Waals surface area contributed by atoms with Crippen LogP contribution in [-0.2, 0) is 4.74 Å². The molecule has 0 radical (unpaired) electrons. The highest BCUT2D eigenvalue weighted by Gasteiger charge is 2.37. The monoisotopic (exact) mass is 363 g/mol. The number of carbonyl (C=O) groups excluding carboxylic acids is 1. The van der Waals surface area contributed by atoms with E-state index in [1.807, 2.05) is 0 Å². The van der Waals surface area contributed by atoms with Gasteiger partial charge < -0.3 is 14.7 Å². The van der Waals surface area contributed by atoms with Gasteiger partial charge in [-0.05, 0) is 26.8 Å². The number of nitro benzene ring substituents is 1. The Hall–Kier alpha value is -3.24. The molecule has 0 atom stereocenters. The Morgan fingerprint density at radius 2 is 2.00 bits per heavy atom. The average molecular weight is 363 g/mol. The summed E-state index contributed by atoms with van der Waals surface area (Å²) in [6.45, 7) is 5.82. The fourth-order valence-corrected chi connectivity index (χ4v) is 2.66. The summed E-state index contributed by atoms with van der Waals surface area (Å²) in [5.74, 6) is -1.29. The molecule has 11 heteroatoms. The van der Waals surface area contributed by atoms with E-state index in [0.29, 0.717) is 0 Å². The maximum atomic E-state index is 12.0. The van der Waals surface area contributed by atoms with Gasteiger partial charge in [0.05, 0.1) is 16.5 Å². The number of fused-ring (bicyclic) bond motifs is 1. The Balaban J connectivity index is 1.88. The van der Waals surface area contributed by atoms with Gasteiger partial charge in [0.2, 0.25) is 0 Å². The molecule has 1 aromatic heterocycles. The van der Waals surface area contributed by atoms with Gasteiger partial charge in [-0.1, -0.05) is 5.21 Å². The van der Waals surface area contributed by atoms with Crippen molar-refractivity contribution in [3.8, 4) is 0 Å². The third-order valence-electron chi connectivity index (χ3n) is 3.85. The van der Waals surface area contributed by atoms with Crippen LogP contribution in [-0.4, -0.2) is 60.7 Å². The van der Waals surface area contributed by atoms with Gasteiger partial charge in [0.15, 0.2) is 5.52 Å². The van der Waals surface area contributed by atoms with E-state index in [2.05, 4.69) is 10.3 Å². The van der Waals surface area contributed by atoms with Crippen molar-refractivity contribution in [3.05, 3.63) is 27.8 Å². The zero-order valence-electron chi connectivity index (χ0n) is 14.4. The van der Waals surface area contributed by atoms with Crippen LogP contribution in [0.15, 0.2) is 12.1 Å². The Bertz CT molecular complexity index is 909. The number of carbonyl (C=O) groups is 2. The minimum absolute atomic E-state index is 0.118. The van der Waals surface area contributed by atoms with Crippen molar-refractivity contribution in [2.75, 3.05) is 13.1 Å². The number of nitrogens with zero attached hydrogens (tertiary/aromatic N) is 5. The number of aromatic nitrogens is 3. The minimum atomic E-state index is -1.29. The second-order valence-electron chi connectivity index (χ2n) is 7.00. The van der Waals surface area contributed by atoms with Crippen molar-refractivity contribution in [2.24, 2.45) is 0 Å². The van der Waals surface area contributed by atoms with Crippen molar-refractivity contribution in [2.45, 2.75) is 32.4 Å². The molecule has 0 bridgehead atoms. The van der Waals surface area contributed by atoms with Gasteiger partial charge in [-0.15, -0.1) is 5.10 Å². The molecule has 2 heterocycles. The summed E-state index contributed by atoms with van der Waals surface area (Å²) >= 11 is 0. The third kappa shape index (κ3) is 3.15. The maximum absolute atomic E-state index is 12.0. The predicted octanol–water partition coefficient (Wildman–Crippen LogP) is 1.83. The largest absolute Gasteiger partial charge is 0.478 e. The molecule has 1 N–H and O–H groups in total. The molecule has 0 spiro atoms. The van der Waals surface area contributed by atoms with E-state index in [1.165, 1.54) is 15.6 Å². The van der Waals surface area contributed by atoms with E-state index in [0.717, 1.165) is 6.07 Å². The van der Waals surface area contributed by atoms with E-state index in [1.54, 1.807) is 20.8 Å². The molecule has 0 aliphatic carbocycles. The standard InChI is InChI=1S/C15H17N5O6/c1-15(2,3)26-14(23)18-6-9(7-18)19-12-10(16-17-19)4-8(13(21)22)5-11(12)20(24)25/h4-5,9H,6-7H2,1-3H3,(H,21,22). The number of hydrogen-bond donors (Lipinski definition) is 1. The fourth-order valence-electron chi connectivity index (χ4n) is 2.66. The molecule has 2 aromatic rings. The van der Waals surface area contributed by atoms with Gasteiger partial charge in [0, 0.05) is 19.2 Å². The summed E-state index contributed by atoms with van der Waals surface area (Å²) in [7, 11) is 0. The number of likely N-dealkylation sites (tertiary alicyclic amines) is 1. The molecule has 3 rings (SSSR count). The lowest BCUT2D eigenvalue weighted by Crippen LogP contribution is -2.52. The molecule has 1 amide bonds. The molecule has 0 saturated carbocycles. The second-order valence-corrected chi connectivity index (χ2v) is 7.00. The summed E-state index contributed by atoms with van der Waals surface area (Å²) in [5.41, 5.74) is -0.990. The van der Waals surface area contributed by atoms with Crippen LogP contribution >= 0.6 is 0 Å². The molecule has 1 fully saturated rings. The quantitative estimate of drug-likeness (QED) is 0.643. The highest BCUT2D eigenvalue weighted by Crippen LogP contribution is 2.31. The number of carboxylic acids is 1.